The standard InChI is InChI=1S/C11H9NO2/c12-6-8-1-4-11-9(5-8)2-3-10(7-13)14-11/h1,4-5,7,10H,2-3H2. The molecular weight excluding hydrogens is 178 g/mol. The highest BCUT2D eigenvalue weighted by Gasteiger charge is 2.18. The summed E-state index contributed by atoms with van der Waals surface area (Å²) in [6.07, 6.45) is 2.00. The van der Waals surface area contributed by atoms with Crippen molar-refractivity contribution in [3.05, 3.63) is 29.3 Å². The predicted octanol–water partition coefficient (Wildman–Crippen LogP) is 1.45. The third-order valence-electron chi connectivity index (χ3n) is 2.32. The van der Waals surface area contributed by atoms with Crippen molar-refractivity contribution >= 4 is 6.29 Å². The lowest BCUT2D eigenvalue weighted by Crippen LogP contribution is -2.23. The Morgan fingerprint density at radius 2 is 2.43 bits per heavy atom. The number of fused-ring (bicyclic) bond motifs is 1. The number of aryl methyl sites for hydroxylation is 1. The highest BCUT2D eigenvalue weighted by atomic mass is 16.5. The van der Waals surface area contributed by atoms with Crippen LogP contribution in [-0.4, -0.2) is 12.4 Å². The van der Waals surface area contributed by atoms with E-state index in [0.29, 0.717) is 12.0 Å². The first-order valence-corrected chi connectivity index (χ1v) is 4.48. The summed E-state index contributed by atoms with van der Waals surface area (Å²) in [4.78, 5) is 10.5. The summed E-state index contributed by atoms with van der Waals surface area (Å²) in [7, 11) is 0. The molecule has 3 heteroatoms. The lowest BCUT2D eigenvalue weighted by atomic mass is 10.0. The van der Waals surface area contributed by atoms with Crippen LogP contribution in [0.4, 0.5) is 0 Å². The van der Waals surface area contributed by atoms with Crippen LogP contribution in [0.5, 0.6) is 5.75 Å². The van der Waals surface area contributed by atoms with E-state index >= 15 is 0 Å². The van der Waals surface area contributed by atoms with E-state index in [2.05, 4.69) is 6.07 Å². The zero-order chi connectivity index (χ0) is 9.97. The van der Waals surface area contributed by atoms with Crippen LogP contribution in [0.2, 0.25) is 0 Å². The number of aldehydes is 1. The second-order valence-electron chi connectivity index (χ2n) is 3.27. The van der Waals surface area contributed by atoms with Gasteiger partial charge in [-0.3, -0.25) is 4.79 Å². The number of carbonyl (C=O) groups is 1. The second kappa shape index (κ2) is 3.51. The van der Waals surface area contributed by atoms with Gasteiger partial charge in [0.05, 0.1) is 11.6 Å². The van der Waals surface area contributed by atoms with Crippen molar-refractivity contribution in [2.45, 2.75) is 18.9 Å². The molecule has 0 saturated carbocycles. The minimum atomic E-state index is -0.324. The molecule has 3 nitrogen and oxygen atoms in total. The zero-order valence-corrected chi connectivity index (χ0v) is 7.56. The van der Waals surface area contributed by atoms with Gasteiger partial charge in [0.15, 0.2) is 12.4 Å². The van der Waals surface area contributed by atoms with E-state index in [4.69, 9.17) is 10.00 Å². The average Bonchev–Trinajstić information content (AvgIpc) is 2.27. The summed E-state index contributed by atoms with van der Waals surface area (Å²) in [6, 6.07) is 7.35. The van der Waals surface area contributed by atoms with E-state index in [0.717, 1.165) is 24.0 Å². The predicted molar refractivity (Wildman–Crippen MR) is 50.0 cm³/mol. The summed E-state index contributed by atoms with van der Waals surface area (Å²) in [5.74, 6) is 0.729. The van der Waals surface area contributed by atoms with Crippen LogP contribution in [0.3, 0.4) is 0 Å². The smallest absolute Gasteiger partial charge is 0.160 e. The van der Waals surface area contributed by atoms with Crippen molar-refractivity contribution in [3.63, 3.8) is 0 Å². The molecule has 1 heterocycles. The van der Waals surface area contributed by atoms with Crippen molar-refractivity contribution in [2.75, 3.05) is 0 Å². The van der Waals surface area contributed by atoms with Crippen LogP contribution in [0.25, 0.3) is 0 Å². The van der Waals surface area contributed by atoms with E-state index in [1.165, 1.54) is 0 Å². The Bertz CT molecular complexity index is 406. The van der Waals surface area contributed by atoms with Gasteiger partial charge in [-0.2, -0.15) is 5.26 Å². The van der Waals surface area contributed by atoms with Gasteiger partial charge in [0.2, 0.25) is 0 Å². The van der Waals surface area contributed by atoms with Gasteiger partial charge in [-0.15, -0.1) is 0 Å². The van der Waals surface area contributed by atoms with Crippen molar-refractivity contribution < 1.29 is 9.53 Å². The highest BCUT2D eigenvalue weighted by molar-refractivity contribution is 5.58. The van der Waals surface area contributed by atoms with Crippen LogP contribution in [0.15, 0.2) is 18.2 Å². The maximum absolute atomic E-state index is 10.5. The van der Waals surface area contributed by atoms with Crippen LogP contribution in [0, 0.1) is 11.3 Å². The summed E-state index contributed by atoms with van der Waals surface area (Å²) in [5.41, 5.74) is 1.65. The van der Waals surface area contributed by atoms with Gasteiger partial charge < -0.3 is 4.74 Å². The maximum Gasteiger partial charge on any atom is 0.160 e. The van der Waals surface area contributed by atoms with Crippen molar-refractivity contribution in [1.82, 2.24) is 0 Å². The van der Waals surface area contributed by atoms with Crippen molar-refractivity contribution in [2.24, 2.45) is 0 Å². The number of rotatable bonds is 1. The number of hydrogen-bond donors (Lipinski definition) is 0. The van der Waals surface area contributed by atoms with E-state index < -0.39 is 0 Å². The summed E-state index contributed by atoms with van der Waals surface area (Å²) in [6.45, 7) is 0. The molecule has 70 valence electrons. The van der Waals surface area contributed by atoms with E-state index in [-0.39, 0.29) is 6.10 Å². The molecule has 0 N–H and O–H groups in total. The fourth-order valence-electron chi connectivity index (χ4n) is 1.57. The van der Waals surface area contributed by atoms with Crippen LogP contribution >= 0.6 is 0 Å². The molecule has 1 unspecified atom stereocenters. The van der Waals surface area contributed by atoms with Crippen LogP contribution in [-0.2, 0) is 11.2 Å². The van der Waals surface area contributed by atoms with Crippen LogP contribution < -0.4 is 4.74 Å². The Morgan fingerprint density at radius 1 is 1.57 bits per heavy atom. The van der Waals surface area contributed by atoms with Gasteiger partial charge in [-0.05, 0) is 36.6 Å². The van der Waals surface area contributed by atoms with Gasteiger partial charge in [0.1, 0.15) is 5.75 Å². The molecule has 1 aliphatic heterocycles. The molecule has 2 rings (SSSR count). The largest absolute Gasteiger partial charge is 0.483 e. The van der Waals surface area contributed by atoms with Gasteiger partial charge >= 0.3 is 0 Å². The highest BCUT2D eigenvalue weighted by Crippen LogP contribution is 2.27. The summed E-state index contributed by atoms with van der Waals surface area (Å²) in [5, 5.41) is 8.69. The molecular formula is C11H9NO2. The molecule has 0 aromatic heterocycles. The van der Waals surface area contributed by atoms with Gasteiger partial charge in [-0.25, -0.2) is 0 Å². The number of hydrogen-bond acceptors (Lipinski definition) is 3. The first-order valence-electron chi connectivity index (χ1n) is 4.48. The molecule has 1 aromatic carbocycles. The average molecular weight is 187 g/mol. The van der Waals surface area contributed by atoms with Gasteiger partial charge in [-0.1, -0.05) is 0 Å². The zero-order valence-electron chi connectivity index (χ0n) is 7.56. The number of ether oxygens (including phenoxy) is 1. The van der Waals surface area contributed by atoms with E-state index in [1.54, 1.807) is 12.1 Å². The van der Waals surface area contributed by atoms with Gasteiger partial charge in [0, 0.05) is 0 Å². The molecule has 0 bridgehead atoms. The maximum atomic E-state index is 10.5. The SMILES string of the molecule is N#Cc1ccc2c(c1)CCC(C=O)O2. The normalized spacial score (nSPS) is 18.9. The van der Waals surface area contributed by atoms with Crippen LogP contribution in [0.1, 0.15) is 17.5 Å². The molecule has 0 spiro atoms. The summed E-state index contributed by atoms with van der Waals surface area (Å²) >= 11 is 0. The molecule has 0 aliphatic carbocycles. The number of nitrogens with zero attached hydrogens (tertiary/aromatic N) is 1. The molecule has 1 atom stereocenters. The third kappa shape index (κ3) is 1.47. The van der Waals surface area contributed by atoms with Crippen molar-refractivity contribution in [3.8, 4) is 11.8 Å². The molecule has 1 aromatic rings. The molecule has 0 radical (unpaired) electrons. The Morgan fingerprint density at radius 3 is 3.14 bits per heavy atom. The Labute approximate surface area is 81.9 Å². The van der Waals surface area contributed by atoms with E-state index in [9.17, 15) is 4.79 Å². The van der Waals surface area contributed by atoms with Gasteiger partial charge in [0.25, 0.3) is 0 Å². The minimum absolute atomic E-state index is 0.324. The van der Waals surface area contributed by atoms with Crippen molar-refractivity contribution in [1.29, 1.82) is 5.26 Å². The minimum Gasteiger partial charge on any atom is -0.483 e. The fourth-order valence-corrected chi connectivity index (χ4v) is 1.57. The number of nitriles is 1. The molecule has 0 fully saturated rings. The fraction of sp³-hybridized carbons (Fsp3) is 0.273. The Kier molecular flexibility index (Phi) is 2.19. The molecule has 1 aliphatic rings. The Balaban J connectivity index is 2.33. The number of carbonyl (C=O) groups excluding carboxylic acids is 1. The lowest BCUT2D eigenvalue weighted by molar-refractivity contribution is -0.114. The Hall–Kier alpha value is -1.82. The van der Waals surface area contributed by atoms with E-state index in [1.807, 2.05) is 6.07 Å². The quantitative estimate of drug-likeness (QED) is 0.625. The molecule has 0 saturated heterocycles. The summed E-state index contributed by atoms with van der Waals surface area (Å²) < 4.78 is 5.40. The first kappa shape index (κ1) is 8.76. The lowest BCUT2D eigenvalue weighted by Gasteiger charge is -2.21. The third-order valence-corrected chi connectivity index (χ3v) is 2.32. The topological polar surface area (TPSA) is 50.1 Å². The number of benzene rings is 1. The molecule has 0 amide bonds. The second-order valence-corrected chi connectivity index (χ2v) is 3.27. The first-order chi connectivity index (χ1) is 6.83. The molecule has 14 heavy (non-hydrogen) atoms. The monoisotopic (exact) mass is 187 g/mol.